The number of hydrogen-bond acceptors (Lipinski definition) is 10. The number of rotatable bonds is 12. The molecule has 2 aliphatic carbocycles. The average molecular weight is 1000 g/mol. The van der Waals surface area contributed by atoms with Crippen LogP contribution in [0.25, 0.3) is 22.1 Å². The van der Waals surface area contributed by atoms with E-state index >= 15 is 0 Å². The predicted molar refractivity (Wildman–Crippen MR) is 250 cm³/mol. The van der Waals surface area contributed by atoms with E-state index in [0.717, 1.165) is 45.6 Å². The first-order valence-electron chi connectivity index (χ1n) is 23.0. The van der Waals surface area contributed by atoms with E-state index in [1.165, 1.54) is 36.7 Å². The van der Waals surface area contributed by atoms with Crippen molar-refractivity contribution in [2.75, 3.05) is 6.54 Å². The number of carboxylic acid groups (broad SMARTS) is 1. The Bertz CT molecular complexity index is 3090. The first-order chi connectivity index (χ1) is 32.1. The third kappa shape index (κ3) is 11.2. The van der Waals surface area contributed by atoms with Gasteiger partial charge in [0.25, 0.3) is 26.0 Å². The number of benzene rings is 2. The van der Waals surface area contributed by atoms with Crippen molar-refractivity contribution in [3.63, 3.8) is 0 Å². The van der Waals surface area contributed by atoms with Crippen LogP contribution < -0.4 is 5.32 Å². The van der Waals surface area contributed by atoms with Crippen molar-refractivity contribution in [2.45, 2.75) is 152 Å². The number of nitrogens with one attached hydrogen (secondary N) is 1. The Morgan fingerprint density at radius 3 is 1.43 bits per heavy atom. The first kappa shape index (κ1) is 51.2. The van der Waals surface area contributed by atoms with Crippen LogP contribution in [-0.2, 0) is 44.0 Å². The highest BCUT2D eigenvalue weighted by molar-refractivity contribution is 7.90. The zero-order chi connectivity index (χ0) is 50.5. The Morgan fingerprint density at radius 2 is 1.07 bits per heavy atom. The summed E-state index contributed by atoms with van der Waals surface area (Å²) in [5, 5.41) is 19.3. The molecule has 0 radical (unpaired) electrons. The molecule has 0 aliphatic heterocycles. The number of carbonyl (C=O) groups is 2. The first-order valence-corrected chi connectivity index (χ1v) is 25.9. The van der Waals surface area contributed by atoms with E-state index in [1.807, 2.05) is 57.6 Å². The SMILES string of the molecule is CC(C)(C)c1nc2cc(S(=O)(=O)n3cc(C(=O)O)cn3)ccc2n1CC1CCC(F)(F)CC1.CCCNC(=O)c1cnn(S(=O)(=O)c2ccc3c(c2)nc(C(C)(C)C)n3CC2CCC(F)(F)CC2)c1. The van der Waals surface area contributed by atoms with E-state index in [-0.39, 0.29) is 75.2 Å². The number of nitrogens with zero attached hydrogens (tertiary/aromatic N) is 8. The van der Waals surface area contributed by atoms with Gasteiger partial charge in [0.1, 0.15) is 11.6 Å². The molecule has 69 heavy (non-hydrogen) atoms. The lowest BCUT2D eigenvalue weighted by Gasteiger charge is -2.30. The van der Waals surface area contributed by atoms with Gasteiger partial charge >= 0.3 is 5.97 Å². The van der Waals surface area contributed by atoms with Crippen molar-refractivity contribution in [1.29, 1.82) is 0 Å². The number of fused-ring (bicyclic) bond motifs is 2. The van der Waals surface area contributed by atoms with Gasteiger partial charge in [0.05, 0.1) is 67.8 Å². The molecule has 2 saturated carbocycles. The van der Waals surface area contributed by atoms with Gasteiger partial charge in [0.15, 0.2) is 0 Å². The number of imidazole rings is 2. The summed E-state index contributed by atoms with van der Waals surface area (Å²) in [7, 11) is -8.16. The molecular formula is C47H59F4N9O7S2. The Balaban J connectivity index is 0.000000205. The van der Waals surface area contributed by atoms with Gasteiger partial charge in [-0.15, -0.1) is 0 Å². The van der Waals surface area contributed by atoms with Crippen LogP contribution in [0, 0.1) is 11.8 Å². The van der Waals surface area contributed by atoms with Gasteiger partial charge in [-0.3, -0.25) is 4.79 Å². The van der Waals surface area contributed by atoms with Crippen LogP contribution in [0.2, 0.25) is 0 Å². The molecule has 0 spiro atoms. The number of aromatic carboxylic acids is 1. The monoisotopic (exact) mass is 1000 g/mol. The number of alkyl halides is 4. The van der Waals surface area contributed by atoms with Crippen LogP contribution in [0.1, 0.15) is 139 Å². The summed E-state index contributed by atoms with van der Waals surface area (Å²) in [5.41, 5.74) is 1.69. The summed E-state index contributed by atoms with van der Waals surface area (Å²) in [4.78, 5) is 32.7. The van der Waals surface area contributed by atoms with E-state index in [1.54, 1.807) is 12.1 Å². The van der Waals surface area contributed by atoms with Crippen molar-refractivity contribution in [2.24, 2.45) is 11.8 Å². The third-order valence-electron chi connectivity index (χ3n) is 12.6. The quantitative estimate of drug-likeness (QED) is 0.111. The molecule has 22 heteroatoms. The summed E-state index contributed by atoms with van der Waals surface area (Å²) in [5.74, 6) is -5.14. The van der Waals surface area contributed by atoms with Gasteiger partial charge in [-0.05, 0) is 80.3 Å². The fraction of sp³-hybridized carbons (Fsp3) is 0.532. The Kier molecular flexibility index (Phi) is 14.1. The molecule has 16 nitrogen and oxygen atoms in total. The maximum Gasteiger partial charge on any atom is 0.338 e. The number of halogens is 4. The molecule has 6 aromatic rings. The van der Waals surface area contributed by atoms with Crippen LogP contribution >= 0.6 is 0 Å². The third-order valence-corrected chi connectivity index (χ3v) is 15.7. The molecule has 0 atom stereocenters. The largest absolute Gasteiger partial charge is 0.478 e. The van der Waals surface area contributed by atoms with Crippen LogP contribution in [0.4, 0.5) is 17.6 Å². The lowest BCUT2D eigenvalue weighted by atomic mass is 9.86. The minimum Gasteiger partial charge on any atom is -0.478 e. The summed E-state index contributed by atoms with van der Waals surface area (Å²) in [6, 6.07) is 9.23. The highest BCUT2D eigenvalue weighted by atomic mass is 32.2. The highest BCUT2D eigenvalue weighted by Gasteiger charge is 2.38. The second-order valence-corrected chi connectivity index (χ2v) is 23.9. The van der Waals surface area contributed by atoms with Crippen molar-refractivity contribution in [3.8, 4) is 0 Å². The number of hydrogen-bond donors (Lipinski definition) is 2. The second kappa shape index (κ2) is 18.9. The summed E-state index contributed by atoms with van der Waals surface area (Å²) < 4.78 is 112. The van der Waals surface area contributed by atoms with Crippen molar-refractivity contribution in [3.05, 3.63) is 84.0 Å². The van der Waals surface area contributed by atoms with Crippen LogP contribution in [0.15, 0.2) is 71.0 Å². The standard InChI is InChI=1S/C25H33F2N5O3S.C22H26F2N4O4S/c1-5-12-28-22(33)18-14-29-32(16-18)36(34,35)19-6-7-21-20(13-19)30-23(24(2,3)4)31(21)15-17-8-10-25(26,27)11-9-17;1-21(2,3)20-26-17-10-16(33(31,32)28-13-15(11-25-28)19(29)30)4-5-18(17)27(20)12-14-6-8-22(23,24)9-7-14/h6-7,13-14,16-17H,5,8-12,15H2,1-4H3,(H,28,33);4-5,10-11,13-14H,6-9,12H2,1-3H3,(H,29,30). The molecule has 8 rings (SSSR count). The molecule has 0 saturated heterocycles. The predicted octanol–water partition coefficient (Wildman–Crippen LogP) is 9.02. The summed E-state index contributed by atoms with van der Waals surface area (Å²) in [6.45, 7) is 15.5. The molecule has 2 aromatic carbocycles. The zero-order valence-electron chi connectivity index (χ0n) is 39.7. The average Bonchev–Trinajstić information content (AvgIpc) is 4.10. The molecule has 0 bridgehead atoms. The van der Waals surface area contributed by atoms with Gasteiger partial charge in [-0.2, -0.15) is 35.2 Å². The molecule has 4 aromatic heterocycles. The lowest BCUT2D eigenvalue weighted by Crippen LogP contribution is -2.28. The molecule has 4 heterocycles. The van der Waals surface area contributed by atoms with Gasteiger partial charge in [-0.25, -0.2) is 32.3 Å². The van der Waals surface area contributed by atoms with Crippen molar-refractivity contribution in [1.82, 2.24) is 42.8 Å². The number of carbonyl (C=O) groups excluding carboxylic acids is 1. The van der Waals surface area contributed by atoms with E-state index in [9.17, 15) is 44.0 Å². The van der Waals surface area contributed by atoms with Crippen LogP contribution in [-0.4, -0.2) is 89.7 Å². The molecule has 2 fully saturated rings. The minimum atomic E-state index is -4.11. The van der Waals surface area contributed by atoms with Gasteiger partial charge in [0.2, 0.25) is 11.8 Å². The Labute approximate surface area is 398 Å². The van der Waals surface area contributed by atoms with Crippen molar-refractivity contribution < 1.29 is 49.1 Å². The Hall–Kier alpha value is -5.64. The molecule has 2 aliphatic rings. The minimum absolute atomic E-state index is 0.000957. The maximum atomic E-state index is 13.7. The number of amides is 1. The van der Waals surface area contributed by atoms with Gasteiger partial charge < -0.3 is 19.6 Å². The maximum absolute atomic E-state index is 13.7. The molecular weight excluding hydrogens is 943 g/mol. The topological polar surface area (TPSA) is 206 Å². The van der Waals surface area contributed by atoms with Crippen LogP contribution in [0.3, 0.4) is 0 Å². The highest BCUT2D eigenvalue weighted by Crippen LogP contribution is 2.40. The van der Waals surface area contributed by atoms with E-state index in [4.69, 9.17) is 15.1 Å². The summed E-state index contributed by atoms with van der Waals surface area (Å²) >= 11 is 0. The fourth-order valence-corrected chi connectivity index (χ4v) is 11.1. The van der Waals surface area contributed by atoms with E-state index in [2.05, 4.69) is 15.5 Å². The lowest BCUT2D eigenvalue weighted by molar-refractivity contribution is -0.0478. The van der Waals surface area contributed by atoms with E-state index in [0.29, 0.717) is 60.4 Å². The number of aromatic nitrogens is 8. The van der Waals surface area contributed by atoms with Crippen LogP contribution in [0.5, 0.6) is 0 Å². The summed E-state index contributed by atoms with van der Waals surface area (Å²) in [6.07, 6.45) is 6.35. The van der Waals surface area contributed by atoms with E-state index < -0.39 is 37.9 Å². The zero-order valence-corrected chi connectivity index (χ0v) is 41.3. The normalized spacial score (nSPS) is 17.2. The van der Waals surface area contributed by atoms with Crippen molar-refractivity contribution >= 4 is 54.0 Å². The molecule has 2 N–H and O–H groups in total. The second-order valence-electron chi connectivity index (χ2n) is 20.3. The molecule has 1 amide bonds. The fourth-order valence-electron chi connectivity index (χ4n) is 8.79. The number of carboxylic acids is 1. The smallest absolute Gasteiger partial charge is 0.338 e. The molecule has 0 unspecified atom stereocenters. The van der Waals surface area contributed by atoms with Gasteiger partial charge in [0, 0.05) is 56.1 Å². The van der Waals surface area contributed by atoms with Gasteiger partial charge in [-0.1, -0.05) is 48.5 Å². The Morgan fingerprint density at radius 1 is 0.681 bits per heavy atom. The molecule has 374 valence electrons.